The number of benzene rings is 9. The van der Waals surface area contributed by atoms with Crippen LogP contribution in [0.1, 0.15) is 0 Å². The third-order valence-electron chi connectivity index (χ3n) is 11.3. The maximum absolute atomic E-state index is 5.32. The molecule has 0 unspecified atom stereocenters. The molecule has 12 rings (SSSR count). The number of hydrogen-bond donors (Lipinski definition) is 0. The van der Waals surface area contributed by atoms with Gasteiger partial charge in [0.25, 0.3) is 0 Å². The molecule has 0 N–H and O–H groups in total. The number of aromatic nitrogens is 4. The molecule has 3 aromatic heterocycles. The number of nitrogens with zero attached hydrogens (tertiary/aromatic N) is 4. The van der Waals surface area contributed by atoms with Gasteiger partial charge in [-0.1, -0.05) is 127 Å². The molecule has 0 fully saturated rings. The highest BCUT2D eigenvalue weighted by Crippen LogP contribution is 2.41. The average molecular weight is 687 g/mol. The Morgan fingerprint density at radius 3 is 1.54 bits per heavy atom. The fourth-order valence-corrected chi connectivity index (χ4v) is 8.87. The van der Waals surface area contributed by atoms with Crippen LogP contribution in [0, 0.1) is 0 Å². The highest BCUT2D eigenvalue weighted by Gasteiger charge is 2.19. The van der Waals surface area contributed by atoms with Crippen molar-refractivity contribution >= 4 is 87.0 Å². The molecular formula is C50H30N4. The van der Waals surface area contributed by atoms with Crippen LogP contribution in [0.5, 0.6) is 0 Å². The lowest BCUT2D eigenvalue weighted by molar-refractivity contribution is 1.17. The van der Waals surface area contributed by atoms with Gasteiger partial charge >= 0.3 is 0 Å². The Balaban J connectivity index is 1.09. The summed E-state index contributed by atoms with van der Waals surface area (Å²) in [6, 6.07) is 63.5. The molecule has 0 saturated heterocycles. The summed E-state index contributed by atoms with van der Waals surface area (Å²) >= 11 is 0. The van der Waals surface area contributed by atoms with Gasteiger partial charge in [-0.3, -0.25) is 4.98 Å². The smallest absolute Gasteiger partial charge is 0.0979 e. The SMILES string of the molecule is c1cc(-c2cnc3c4ccccc4c4ccccc4c3n2)cc(-n2c3ccccc3c3cc4c(cc32)c2ccccc2n4-c2ccc3ccccc3c2)c1. The Morgan fingerprint density at radius 2 is 0.870 bits per heavy atom. The molecule has 0 atom stereocenters. The van der Waals surface area contributed by atoms with Crippen molar-refractivity contribution in [2.45, 2.75) is 0 Å². The minimum atomic E-state index is 0.853. The molecule has 54 heavy (non-hydrogen) atoms. The van der Waals surface area contributed by atoms with Crippen LogP contribution in [-0.2, 0) is 0 Å². The van der Waals surface area contributed by atoms with Crippen molar-refractivity contribution in [2.24, 2.45) is 0 Å². The third-order valence-corrected chi connectivity index (χ3v) is 11.3. The summed E-state index contributed by atoms with van der Waals surface area (Å²) < 4.78 is 4.84. The number of fused-ring (bicyclic) bond motifs is 13. The van der Waals surface area contributed by atoms with Gasteiger partial charge in [0.1, 0.15) is 0 Å². The van der Waals surface area contributed by atoms with E-state index >= 15 is 0 Å². The van der Waals surface area contributed by atoms with Crippen molar-refractivity contribution < 1.29 is 0 Å². The van der Waals surface area contributed by atoms with Crippen molar-refractivity contribution in [1.29, 1.82) is 0 Å². The molecule has 0 aliphatic carbocycles. The van der Waals surface area contributed by atoms with Crippen LogP contribution in [0.4, 0.5) is 0 Å². The lowest BCUT2D eigenvalue weighted by atomic mass is 9.99. The van der Waals surface area contributed by atoms with Crippen molar-refractivity contribution in [3.05, 3.63) is 182 Å². The van der Waals surface area contributed by atoms with Crippen LogP contribution < -0.4 is 0 Å². The van der Waals surface area contributed by atoms with E-state index in [-0.39, 0.29) is 0 Å². The van der Waals surface area contributed by atoms with E-state index in [0.717, 1.165) is 44.4 Å². The molecular weight excluding hydrogens is 657 g/mol. The first-order valence-electron chi connectivity index (χ1n) is 18.4. The topological polar surface area (TPSA) is 35.6 Å². The Bertz CT molecular complexity index is 3480. The maximum Gasteiger partial charge on any atom is 0.0979 e. The molecule has 0 saturated carbocycles. The fraction of sp³-hybridized carbons (Fsp3) is 0. The average Bonchev–Trinajstić information content (AvgIpc) is 3.74. The van der Waals surface area contributed by atoms with Crippen LogP contribution >= 0.6 is 0 Å². The maximum atomic E-state index is 5.32. The van der Waals surface area contributed by atoms with Gasteiger partial charge in [0.2, 0.25) is 0 Å². The van der Waals surface area contributed by atoms with Crippen LogP contribution in [0.15, 0.2) is 182 Å². The molecule has 0 spiro atoms. The summed E-state index contributed by atoms with van der Waals surface area (Å²) in [5.41, 5.74) is 10.7. The second-order valence-electron chi connectivity index (χ2n) is 14.2. The molecule has 12 aromatic rings. The molecule has 0 bridgehead atoms. The monoisotopic (exact) mass is 686 g/mol. The molecule has 0 amide bonds. The van der Waals surface area contributed by atoms with Gasteiger partial charge in [-0.15, -0.1) is 0 Å². The summed E-state index contributed by atoms with van der Waals surface area (Å²) in [7, 11) is 0. The third kappa shape index (κ3) is 4.13. The van der Waals surface area contributed by atoms with E-state index in [4.69, 9.17) is 9.97 Å². The van der Waals surface area contributed by atoms with E-state index in [9.17, 15) is 0 Å². The highest BCUT2D eigenvalue weighted by molar-refractivity contribution is 6.23. The Kier molecular flexibility index (Phi) is 6.02. The summed E-state index contributed by atoms with van der Waals surface area (Å²) in [4.78, 5) is 10.4. The van der Waals surface area contributed by atoms with Crippen molar-refractivity contribution in [1.82, 2.24) is 19.1 Å². The van der Waals surface area contributed by atoms with Crippen LogP contribution in [-0.4, -0.2) is 19.1 Å². The summed E-state index contributed by atoms with van der Waals surface area (Å²) in [6.45, 7) is 0. The van der Waals surface area contributed by atoms with Gasteiger partial charge in [0, 0.05) is 49.3 Å². The van der Waals surface area contributed by atoms with Crippen LogP contribution in [0.3, 0.4) is 0 Å². The number of para-hydroxylation sites is 2. The van der Waals surface area contributed by atoms with Gasteiger partial charge in [-0.05, 0) is 70.1 Å². The minimum Gasteiger partial charge on any atom is -0.309 e. The lowest BCUT2D eigenvalue weighted by Gasteiger charge is -2.12. The largest absolute Gasteiger partial charge is 0.309 e. The van der Waals surface area contributed by atoms with E-state index in [2.05, 4.69) is 185 Å². The van der Waals surface area contributed by atoms with Crippen LogP contribution in [0.25, 0.3) is 110 Å². The summed E-state index contributed by atoms with van der Waals surface area (Å²) in [6.07, 6.45) is 1.93. The molecule has 0 aliphatic rings. The molecule has 0 radical (unpaired) electrons. The van der Waals surface area contributed by atoms with E-state index in [0.29, 0.717) is 0 Å². The molecule has 250 valence electrons. The molecule has 4 nitrogen and oxygen atoms in total. The highest BCUT2D eigenvalue weighted by atomic mass is 15.0. The predicted octanol–water partition coefficient (Wildman–Crippen LogP) is 13.0. The van der Waals surface area contributed by atoms with Gasteiger partial charge in [-0.25, -0.2) is 4.98 Å². The second-order valence-corrected chi connectivity index (χ2v) is 14.2. The van der Waals surface area contributed by atoms with E-state index in [1.54, 1.807) is 0 Å². The van der Waals surface area contributed by atoms with Gasteiger partial charge < -0.3 is 9.13 Å². The van der Waals surface area contributed by atoms with Crippen molar-refractivity contribution in [3.63, 3.8) is 0 Å². The van der Waals surface area contributed by atoms with Gasteiger partial charge in [0.15, 0.2) is 0 Å². The van der Waals surface area contributed by atoms with Gasteiger partial charge in [-0.2, -0.15) is 0 Å². The zero-order chi connectivity index (χ0) is 35.3. The lowest BCUT2D eigenvalue weighted by Crippen LogP contribution is -1.96. The first kappa shape index (κ1) is 29.3. The van der Waals surface area contributed by atoms with Crippen molar-refractivity contribution in [3.8, 4) is 22.6 Å². The Labute approximate surface area is 309 Å². The van der Waals surface area contributed by atoms with E-state index in [1.807, 2.05) is 6.20 Å². The van der Waals surface area contributed by atoms with E-state index in [1.165, 1.54) is 65.2 Å². The summed E-state index contributed by atoms with van der Waals surface area (Å²) in [5, 5.41) is 12.0. The van der Waals surface area contributed by atoms with Gasteiger partial charge in [0.05, 0.1) is 45.0 Å². The minimum absolute atomic E-state index is 0.853. The Morgan fingerprint density at radius 1 is 0.333 bits per heavy atom. The number of hydrogen-bond acceptors (Lipinski definition) is 2. The zero-order valence-corrected chi connectivity index (χ0v) is 29.1. The normalized spacial score (nSPS) is 12.1. The first-order chi connectivity index (χ1) is 26.8. The first-order valence-corrected chi connectivity index (χ1v) is 18.4. The molecule has 3 heterocycles. The quantitative estimate of drug-likeness (QED) is 0.173. The fourth-order valence-electron chi connectivity index (χ4n) is 8.87. The Hall–Kier alpha value is -7.30. The second kappa shape index (κ2) is 11.1. The zero-order valence-electron chi connectivity index (χ0n) is 29.1. The number of rotatable bonds is 3. The van der Waals surface area contributed by atoms with Crippen LogP contribution in [0.2, 0.25) is 0 Å². The molecule has 0 aliphatic heterocycles. The van der Waals surface area contributed by atoms with Crippen molar-refractivity contribution in [2.75, 3.05) is 0 Å². The molecule has 4 heteroatoms. The molecule has 9 aromatic carbocycles. The predicted molar refractivity (Wildman–Crippen MR) is 226 cm³/mol. The standard InChI is InChI=1S/C50H30N4/c1-2-13-32-26-35(25-24-31(32)12-1)54-46-23-10-8-19-39(46)43-28-47-42(29-48(43)54)38-18-7-9-22-45(38)53(47)34-15-11-14-33(27-34)44-30-51-49-40-20-5-3-16-36(40)37-17-4-6-21-41(37)50(49)52-44/h1-30H. The van der Waals surface area contributed by atoms with E-state index < -0.39 is 0 Å². The summed E-state index contributed by atoms with van der Waals surface area (Å²) in [5.74, 6) is 0.